The van der Waals surface area contributed by atoms with E-state index in [-0.39, 0.29) is 5.69 Å². The van der Waals surface area contributed by atoms with Gasteiger partial charge < -0.3 is 5.11 Å². The van der Waals surface area contributed by atoms with E-state index in [2.05, 4.69) is 4.98 Å². The Balaban J connectivity index is 2.35. The van der Waals surface area contributed by atoms with Crippen molar-refractivity contribution >= 4 is 40.2 Å². The molecule has 3 aromatic rings. The summed E-state index contributed by atoms with van der Waals surface area (Å²) in [5.41, 5.74) is 1.28. The molecule has 0 unspecified atom stereocenters. The SMILES string of the molecule is O=C(O)c1cc2cccnc2n1-c1ccc(Cl)c(Cl)c1. The Labute approximate surface area is 124 Å². The van der Waals surface area contributed by atoms with E-state index in [1.807, 2.05) is 6.07 Å². The highest BCUT2D eigenvalue weighted by molar-refractivity contribution is 6.42. The highest BCUT2D eigenvalue weighted by Crippen LogP contribution is 2.28. The molecule has 0 fully saturated rings. The molecule has 0 spiro atoms. The molecule has 100 valence electrons. The highest BCUT2D eigenvalue weighted by Gasteiger charge is 2.17. The second-order valence-electron chi connectivity index (χ2n) is 4.18. The highest BCUT2D eigenvalue weighted by atomic mass is 35.5. The minimum atomic E-state index is -1.03. The fourth-order valence-electron chi connectivity index (χ4n) is 2.08. The van der Waals surface area contributed by atoms with Crippen molar-refractivity contribution in [2.75, 3.05) is 0 Å². The van der Waals surface area contributed by atoms with E-state index < -0.39 is 5.97 Å². The third kappa shape index (κ3) is 2.03. The molecule has 2 heterocycles. The lowest BCUT2D eigenvalue weighted by Crippen LogP contribution is -2.06. The van der Waals surface area contributed by atoms with E-state index in [4.69, 9.17) is 23.2 Å². The second-order valence-corrected chi connectivity index (χ2v) is 5.00. The summed E-state index contributed by atoms with van der Waals surface area (Å²) in [6.45, 7) is 0. The number of carboxylic acid groups (broad SMARTS) is 1. The zero-order chi connectivity index (χ0) is 14.3. The van der Waals surface area contributed by atoms with Gasteiger partial charge in [0.15, 0.2) is 0 Å². The summed E-state index contributed by atoms with van der Waals surface area (Å²) < 4.78 is 1.54. The number of nitrogens with zero attached hydrogens (tertiary/aromatic N) is 2. The van der Waals surface area contributed by atoms with E-state index in [0.717, 1.165) is 5.39 Å². The summed E-state index contributed by atoms with van der Waals surface area (Å²) in [6, 6.07) is 10.1. The first kappa shape index (κ1) is 13.0. The van der Waals surface area contributed by atoms with Gasteiger partial charge in [-0.2, -0.15) is 0 Å². The fraction of sp³-hybridized carbons (Fsp3) is 0. The predicted molar refractivity (Wildman–Crippen MR) is 78.0 cm³/mol. The number of halogens is 2. The van der Waals surface area contributed by atoms with E-state index in [9.17, 15) is 9.90 Å². The summed E-state index contributed by atoms with van der Waals surface area (Å²) in [4.78, 5) is 15.6. The Hall–Kier alpha value is -2.04. The molecular formula is C14H8Cl2N2O2. The lowest BCUT2D eigenvalue weighted by Gasteiger charge is -2.08. The van der Waals surface area contributed by atoms with Gasteiger partial charge in [-0.05, 0) is 36.4 Å². The summed E-state index contributed by atoms with van der Waals surface area (Å²) in [6.07, 6.45) is 1.61. The van der Waals surface area contributed by atoms with Crippen molar-refractivity contribution in [2.24, 2.45) is 0 Å². The van der Waals surface area contributed by atoms with Crippen LogP contribution in [-0.4, -0.2) is 20.6 Å². The van der Waals surface area contributed by atoms with Crippen molar-refractivity contribution in [3.63, 3.8) is 0 Å². The third-order valence-electron chi connectivity index (χ3n) is 2.94. The molecule has 0 aliphatic carbocycles. The van der Waals surface area contributed by atoms with Crippen LogP contribution in [0.1, 0.15) is 10.5 Å². The lowest BCUT2D eigenvalue weighted by molar-refractivity contribution is 0.0688. The number of benzene rings is 1. The summed E-state index contributed by atoms with van der Waals surface area (Å²) in [5, 5.41) is 10.9. The van der Waals surface area contributed by atoms with Gasteiger partial charge in [-0.15, -0.1) is 0 Å². The molecule has 3 rings (SSSR count). The van der Waals surface area contributed by atoms with Crippen LogP contribution >= 0.6 is 23.2 Å². The Kier molecular flexibility index (Phi) is 3.12. The maximum Gasteiger partial charge on any atom is 0.352 e. The van der Waals surface area contributed by atoms with Crippen LogP contribution in [0.5, 0.6) is 0 Å². The molecule has 0 atom stereocenters. The van der Waals surface area contributed by atoms with Gasteiger partial charge in [0, 0.05) is 17.3 Å². The summed E-state index contributed by atoms with van der Waals surface area (Å²) in [7, 11) is 0. The topological polar surface area (TPSA) is 55.1 Å². The number of carbonyl (C=O) groups is 1. The minimum absolute atomic E-state index is 0.122. The molecule has 2 aromatic heterocycles. The normalized spacial score (nSPS) is 10.9. The van der Waals surface area contributed by atoms with E-state index in [0.29, 0.717) is 21.4 Å². The number of aromatic nitrogens is 2. The van der Waals surface area contributed by atoms with Gasteiger partial charge in [0.05, 0.1) is 10.0 Å². The first-order valence-electron chi connectivity index (χ1n) is 5.73. The molecule has 1 aromatic carbocycles. The van der Waals surface area contributed by atoms with Crippen molar-refractivity contribution < 1.29 is 9.90 Å². The molecule has 0 aliphatic heterocycles. The number of hydrogen-bond acceptors (Lipinski definition) is 2. The molecule has 0 aliphatic rings. The largest absolute Gasteiger partial charge is 0.477 e. The van der Waals surface area contributed by atoms with Gasteiger partial charge in [0.1, 0.15) is 11.3 Å². The molecule has 0 saturated carbocycles. The first-order chi connectivity index (χ1) is 9.58. The monoisotopic (exact) mass is 306 g/mol. The molecule has 0 bridgehead atoms. The zero-order valence-electron chi connectivity index (χ0n) is 10.0. The van der Waals surface area contributed by atoms with Crippen LogP contribution in [0.2, 0.25) is 10.0 Å². The Morgan fingerprint density at radius 1 is 1.15 bits per heavy atom. The molecule has 0 radical (unpaired) electrons. The molecule has 1 N–H and O–H groups in total. The van der Waals surface area contributed by atoms with E-state index in [1.165, 1.54) is 0 Å². The summed E-state index contributed by atoms with van der Waals surface area (Å²) in [5.74, 6) is -1.03. The van der Waals surface area contributed by atoms with Crippen molar-refractivity contribution in [1.82, 2.24) is 9.55 Å². The number of rotatable bonds is 2. The van der Waals surface area contributed by atoms with Crippen LogP contribution in [0.4, 0.5) is 0 Å². The number of carboxylic acids is 1. The van der Waals surface area contributed by atoms with Gasteiger partial charge in [-0.1, -0.05) is 23.2 Å². The van der Waals surface area contributed by atoms with Crippen LogP contribution in [0, 0.1) is 0 Å². The van der Waals surface area contributed by atoms with Crippen molar-refractivity contribution in [1.29, 1.82) is 0 Å². The number of aromatic carboxylic acids is 1. The molecule has 0 saturated heterocycles. The molecule has 6 heteroatoms. The third-order valence-corrected chi connectivity index (χ3v) is 3.68. The van der Waals surface area contributed by atoms with Crippen LogP contribution < -0.4 is 0 Å². The van der Waals surface area contributed by atoms with Crippen LogP contribution in [-0.2, 0) is 0 Å². The molecule has 0 amide bonds. The average Bonchev–Trinajstić information content (AvgIpc) is 2.81. The number of fused-ring (bicyclic) bond motifs is 1. The van der Waals surface area contributed by atoms with Gasteiger partial charge in [0.25, 0.3) is 0 Å². The molecule has 4 nitrogen and oxygen atoms in total. The van der Waals surface area contributed by atoms with Crippen LogP contribution in [0.3, 0.4) is 0 Å². The van der Waals surface area contributed by atoms with Crippen molar-refractivity contribution in [2.45, 2.75) is 0 Å². The standard InChI is InChI=1S/C14H8Cl2N2O2/c15-10-4-3-9(7-11(10)16)18-12(14(19)20)6-8-2-1-5-17-13(8)18/h1-7H,(H,19,20). The lowest BCUT2D eigenvalue weighted by atomic mass is 10.3. The van der Waals surface area contributed by atoms with Crippen molar-refractivity contribution in [3.05, 3.63) is 58.3 Å². The molecular weight excluding hydrogens is 299 g/mol. The summed E-state index contributed by atoms with van der Waals surface area (Å²) >= 11 is 11.9. The quantitative estimate of drug-likeness (QED) is 0.777. The second kappa shape index (κ2) is 4.81. The predicted octanol–water partition coefficient (Wildman–Crippen LogP) is 4.03. The Bertz CT molecular complexity index is 827. The Morgan fingerprint density at radius 2 is 1.95 bits per heavy atom. The van der Waals surface area contributed by atoms with Crippen molar-refractivity contribution in [3.8, 4) is 5.69 Å². The molecule has 20 heavy (non-hydrogen) atoms. The van der Waals surface area contributed by atoms with E-state index >= 15 is 0 Å². The van der Waals surface area contributed by atoms with Gasteiger partial charge >= 0.3 is 5.97 Å². The fourth-order valence-corrected chi connectivity index (χ4v) is 2.37. The van der Waals surface area contributed by atoms with Gasteiger partial charge in [-0.3, -0.25) is 4.57 Å². The van der Waals surface area contributed by atoms with Crippen LogP contribution in [0.15, 0.2) is 42.6 Å². The maximum absolute atomic E-state index is 11.4. The minimum Gasteiger partial charge on any atom is -0.477 e. The van der Waals surface area contributed by atoms with Gasteiger partial charge in [0.2, 0.25) is 0 Å². The first-order valence-corrected chi connectivity index (χ1v) is 6.48. The smallest absolute Gasteiger partial charge is 0.352 e. The maximum atomic E-state index is 11.4. The van der Waals surface area contributed by atoms with Crippen LogP contribution in [0.25, 0.3) is 16.7 Å². The van der Waals surface area contributed by atoms with Gasteiger partial charge in [-0.25, -0.2) is 9.78 Å². The van der Waals surface area contributed by atoms with E-state index in [1.54, 1.807) is 41.1 Å². The number of pyridine rings is 1. The number of hydrogen-bond donors (Lipinski definition) is 1. The zero-order valence-corrected chi connectivity index (χ0v) is 11.6. The Morgan fingerprint density at radius 3 is 2.65 bits per heavy atom. The average molecular weight is 307 g/mol.